The van der Waals surface area contributed by atoms with Crippen molar-refractivity contribution >= 4 is 15.6 Å². The van der Waals surface area contributed by atoms with Crippen molar-refractivity contribution in [2.45, 2.75) is 48.8 Å². The van der Waals surface area contributed by atoms with Crippen LogP contribution in [0.2, 0.25) is 0 Å². The van der Waals surface area contributed by atoms with Gasteiger partial charge in [0.1, 0.15) is 5.78 Å². The van der Waals surface area contributed by atoms with Gasteiger partial charge in [-0.15, -0.1) is 0 Å². The summed E-state index contributed by atoms with van der Waals surface area (Å²) in [7, 11) is -3.10. The highest BCUT2D eigenvalue weighted by atomic mass is 32.2. The van der Waals surface area contributed by atoms with Gasteiger partial charge in [0.2, 0.25) is 0 Å². The zero-order valence-corrected chi connectivity index (χ0v) is 13.2. The Hall–Kier alpha value is -1.37. The van der Waals surface area contributed by atoms with Gasteiger partial charge in [0.05, 0.1) is 16.1 Å². The van der Waals surface area contributed by atoms with Crippen LogP contribution in [0.3, 0.4) is 0 Å². The van der Waals surface area contributed by atoms with Gasteiger partial charge >= 0.3 is 6.18 Å². The standard InChI is InChI=1S/C16H17F3O3S/c17-16(18,19)12-3-1-2-10(6-12)7-15(20)11-8-13-4-5-14(9-11)23(13,21)22/h1-3,6,11,13-14H,4-5,7-9H2. The van der Waals surface area contributed by atoms with E-state index in [2.05, 4.69) is 0 Å². The van der Waals surface area contributed by atoms with Crippen LogP contribution in [0.5, 0.6) is 0 Å². The smallest absolute Gasteiger partial charge is 0.299 e. The second kappa shape index (κ2) is 5.61. The Bertz CT molecular complexity index is 704. The molecule has 2 fully saturated rings. The van der Waals surface area contributed by atoms with E-state index < -0.39 is 32.1 Å². The van der Waals surface area contributed by atoms with E-state index in [-0.39, 0.29) is 18.1 Å². The van der Waals surface area contributed by atoms with E-state index in [9.17, 15) is 26.4 Å². The van der Waals surface area contributed by atoms with Gasteiger partial charge in [0.15, 0.2) is 9.84 Å². The predicted octanol–water partition coefficient (Wildman–Crippen LogP) is 3.17. The van der Waals surface area contributed by atoms with Gasteiger partial charge in [-0.1, -0.05) is 18.2 Å². The van der Waals surface area contributed by atoms with Crippen molar-refractivity contribution in [2.24, 2.45) is 5.92 Å². The lowest BCUT2D eigenvalue weighted by molar-refractivity contribution is -0.137. The second-order valence-corrected chi connectivity index (χ2v) is 8.93. The van der Waals surface area contributed by atoms with Gasteiger partial charge < -0.3 is 0 Å². The quantitative estimate of drug-likeness (QED) is 0.845. The van der Waals surface area contributed by atoms with Crippen molar-refractivity contribution in [3.63, 3.8) is 0 Å². The second-order valence-electron chi connectivity index (χ2n) is 6.42. The molecule has 3 rings (SSSR count). The zero-order chi connectivity index (χ0) is 16.8. The molecule has 2 atom stereocenters. The number of ketones is 1. The third-order valence-corrected chi connectivity index (χ3v) is 7.64. The van der Waals surface area contributed by atoms with Crippen molar-refractivity contribution in [3.8, 4) is 0 Å². The fourth-order valence-corrected chi connectivity index (χ4v) is 6.15. The molecule has 126 valence electrons. The topological polar surface area (TPSA) is 51.2 Å². The van der Waals surface area contributed by atoms with Crippen molar-refractivity contribution < 1.29 is 26.4 Å². The van der Waals surface area contributed by atoms with Crippen LogP contribution in [0.15, 0.2) is 24.3 Å². The highest BCUT2D eigenvalue weighted by Crippen LogP contribution is 2.41. The van der Waals surface area contributed by atoms with Crippen molar-refractivity contribution in [2.75, 3.05) is 0 Å². The Morgan fingerprint density at radius 2 is 1.74 bits per heavy atom. The number of sulfone groups is 1. The van der Waals surface area contributed by atoms with E-state index >= 15 is 0 Å². The van der Waals surface area contributed by atoms with Crippen LogP contribution >= 0.6 is 0 Å². The lowest BCUT2D eigenvalue weighted by Crippen LogP contribution is -2.36. The van der Waals surface area contributed by atoms with Gasteiger partial charge in [-0.05, 0) is 37.3 Å². The van der Waals surface area contributed by atoms with E-state index in [0.29, 0.717) is 31.2 Å². The molecule has 0 N–H and O–H groups in total. The number of carbonyl (C=O) groups is 1. The number of hydrogen-bond donors (Lipinski definition) is 0. The first-order valence-corrected chi connectivity index (χ1v) is 9.20. The van der Waals surface area contributed by atoms with Crippen LogP contribution in [0, 0.1) is 5.92 Å². The third-order valence-electron chi connectivity index (χ3n) is 4.92. The molecule has 2 aliphatic heterocycles. The molecule has 23 heavy (non-hydrogen) atoms. The largest absolute Gasteiger partial charge is 0.416 e. The molecule has 7 heteroatoms. The Balaban J connectivity index is 1.71. The summed E-state index contributed by atoms with van der Waals surface area (Å²) < 4.78 is 62.2. The van der Waals surface area contributed by atoms with Gasteiger partial charge in [0.25, 0.3) is 0 Å². The number of benzene rings is 1. The molecule has 0 radical (unpaired) electrons. The maximum Gasteiger partial charge on any atom is 0.416 e. The van der Waals surface area contributed by atoms with E-state index in [1.54, 1.807) is 0 Å². The fraction of sp³-hybridized carbons (Fsp3) is 0.562. The highest BCUT2D eigenvalue weighted by Gasteiger charge is 2.48. The van der Waals surface area contributed by atoms with Gasteiger partial charge in [-0.25, -0.2) is 8.42 Å². The third kappa shape index (κ3) is 3.16. The lowest BCUT2D eigenvalue weighted by Gasteiger charge is -2.27. The Morgan fingerprint density at radius 3 is 2.30 bits per heavy atom. The summed E-state index contributed by atoms with van der Waals surface area (Å²) in [5.74, 6) is -0.512. The number of halogens is 3. The highest BCUT2D eigenvalue weighted by molar-refractivity contribution is 7.93. The monoisotopic (exact) mass is 346 g/mol. The molecule has 2 unspecified atom stereocenters. The Kier molecular flexibility index (Phi) is 4.02. The molecule has 1 aromatic carbocycles. The molecular weight excluding hydrogens is 329 g/mol. The number of Topliss-reactive ketones (excluding diaryl/α,β-unsaturated/α-hetero) is 1. The summed E-state index contributed by atoms with van der Waals surface area (Å²) in [5, 5.41) is -0.895. The van der Waals surface area contributed by atoms with E-state index in [1.165, 1.54) is 12.1 Å². The molecule has 0 spiro atoms. The maximum absolute atomic E-state index is 12.7. The molecule has 2 saturated heterocycles. The van der Waals surface area contributed by atoms with Gasteiger partial charge in [-0.3, -0.25) is 4.79 Å². The van der Waals surface area contributed by atoms with Gasteiger partial charge in [-0.2, -0.15) is 13.2 Å². The summed E-state index contributed by atoms with van der Waals surface area (Å²) in [6.45, 7) is 0. The average Bonchev–Trinajstić information content (AvgIpc) is 2.66. The number of hydrogen-bond acceptors (Lipinski definition) is 3. The summed E-state index contributed by atoms with van der Waals surface area (Å²) in [6, 6.07) is 4.76. The molecule has 0 aromatic heterocycles. The predicted molar refractivity (Wildman–Crippen MR) is 78.6 cm³/mol. The summed E-state index contributed by atoms with van der Waals surface area (Å²) in [6.07, 6.45) is -2.68. The lowest BCUT2D eigenvalue weighted by atomic mass is 9.90. The molecule has 2 heterocycles. The van der Waals surface area contributed by atoms with Crippen molar-refractivity contribution in [1.29, 1.82) is 0 Å². The first-order valence-electron chi connectivity index (χ1n) is 7.59. The van der Waals surface area contributed by atoms with Crippen LogP contribution in [-0.4, -0.2) is 24.7 Å². The molecule has 1 aromatic rings. The number of fused-ring (bicyclic) bond motifs is 2. The van der Waals surface area contributed by atoms with E-state index in [0.717, 1.165) is 12.1 Å². The first kappa shape index (κ1) is 16.5. The minimum atomic E-state index is -4.43. The summed E-state index contributed by atoms with van der Waals surface area (Å²) >= 11 is 0. The molecule has 2 aliphatic rings. The van der Waals surface area contributed by atoms with Crippen LogP contribution in [0.1, 0.15) is 36.8 Å². The average molecular weight is 346 g/mol. The maximum atomic E-state index is 12.7. The van der Waals surface area contributed by atoms with Crippen molar-refractivity contribution in [3.05, 3.63) is 35.4 Å². The number of carbonyl (C=O) groups excluding carboxylic acids is 1. The zero-order valence-electron chi connectivity index (χ0n) is 12.3. The molecule has 0 amide bonds. The minimum absolute atomic E-state index is 0.0753. The van der Waals surface area contributed by atoms with Crippen LogP contribution in [-0.2, 0) is 27.2 Å². The number of alkyl halides is 3. The van der Waals surface area contributed by atoms with Crippen LogP contribution in [0.4, 0.5) is 13.2 Å². The number of rotatable bonds is 3. The van der Waals surface area contributed by atoms with Gasteiger partial charge in [0, 0.05) is 12.3 Å². The SMILES string of the molecule is O=C(Cc1cccc(C(F)(F)F)c1)C1CC2CCC(C1)S2(=O)=O. The fourth-order valence-electron chi connectivity index (χ4n) is 3.67. The van der Waals surface area contributed by atoms with Crippen LogP contribution < -0.4 is 0 Å². The Labute approximate surface area is 132 Å². The van der Waals surface area contributed by atoms with Crippen LogP contribution in [0.25, 0.3) is 0 Å². The molecule has 0 saturated carbocycles. The Morgan fingerprint density at radius 1 is 1.13 bits per heavy atom. The summed E-state index contributed by atoms with van der Waals surface area (Å²) in [5.41, 5.74) is -0.445. The normalized spacial score (nSPS) is 29.4. The molecular formula is C16H17F3O3S. The van der Waals surface area contributed by atoms with E-state index in [4.69, 9.17) is 0 Å². The molecule has 0 aliphatic carbocycles. The summed E-state index contributed by atoms with van der Waals surface area (Å²) in [4.78, 5) is 12.4. The molecule has 2 bridgehead atoms. The minimum Gasteiger partial charge on any atom is -0.299 e. The van der Waals surface area contributed by atoms with Crippen molar-refractivity contribution in [1.82, 2.24) is 0 Å². The van der Waals surface area contributed by atoms with E-state index in [1.807, 2.05) is 0 Å². The molecule has 3 nitrogen and oxygen atoms in total. The first-order chi connectivity index (χ1) is 10.7.